The molecule has 0 rings (SSSR count). The van der Waals surface area contributed by atoms with Gasteiger partial charge < -0.3 is 4.74 Å². The second kappa shape index (κ2) is 18.5. The zero-order valence-electron chi connectivity index (χ0n) is 15.3. The molecular weight excluding hydrogens is 272 g/mol. The minimum absolute atomic E-state index is 0.0967. The molecule has 0 amide bonds. The van der Waals surface area contributed by atoms with Crippen molar-refractivity contribution in [3.8, 4) is 0 Å². The summed E-state index contributed by atoms with van der Waals surface area (Å²) in [7, 11) is 0. The van der Waals surface area contributed by atoms with Crippen LogP contribution in [0.4, 0.5) is 0 Å². The number of carbonyl (C=O) groups is 1. The summed E-state index contributed by atoms with van der Waals surface area (Å²) in [6.07, 6.45) is 22.0. The molecule has 0 saturated carbocycles. The first-order chi connectivity index (χ1) is 10.8. The lowest BCUT2D eigenvalue weighted by Crippen LogP contribution is -2.05. The molecule has 0 aromatic carbocycles. The van der Waals surface area contributed by atoms with E-state index in [0.29, 0.717) is 6.47 Å². The quantitative estimate of drug-likeness (QED) is 0.205. The van der Waals surface area contributed by atoms with Crippen LogP contribution in [0.2, 0.25) is 0 Å². The van der Waals surface area contributed by atoms with Gasteiger partial charge in [-0.05, 0) is 19.8 Å². The second-order valence-electron chi connectivity index (χ2n) is 6.78. The number of carbonyl (C=O) groups excluding carboxylic acids is 1. The Balaban J connectivity index is 3.01. The SMILES string of the molecule is CCCCCCCCCCCCCCCCCC(C)OC=O. The molecule has 0 fully saturated rings. The topological polar surface area (TPSA) is 26.3 Å². The standard InChI is InChI=1S/C20H40O2/c1-3-4-5-6-7-8-9-10-11-12-13-14-15-16-17-18-20(2)22-19-21/h19-20H,3-18H2,1-2H3. The van der Waals surface area contributed by atoms with Gasteiger partial charge in [0.05, 0.1) is 6.10 Å². The van der Waals surface area contributed by atoms with Crippen molar-refractivity contribution < 1.29 is 9.53 Å². The van der Waals surface area contributed by atoms with E-state index in [9.17, 15) is 4.79 Å². The van der Waals surface area contributed by atoms with E-state index < -0.39 is 0 Å². The van der Waals surface area contributed by atoms with Crippen molar-refractivity contribution in [3.63, 3.8) is 0 Å². The third-order valence-electron chi connectivity index (χ3n) is 4.50. The van der Waals surface area contributed by atoms with E-state index in [0.717, 1.165) is 6.42 Å². The van der Waals surface area contributed by atoms with Gasteiger partial charge in [0.25, 0.3) is 6.47 Å². The van der Waals surface area contributed by atoms with Crippen LogP contribution in [-0.4, -0.2) is 12.6 Å². The van der Waals surface area contributed by atoms with Crippen molar-refractivity contribution in [3.05, 3.63) is 0 Å². The van der Waals surface area contributed by atoms with Gasteiger partial charge in [-0.25, -0.2) is 0 Å². The van der Waals surface area contributed by atoms with E-state index in [4.69, 9.17) is 4.74 Å². The molecule has 22 heavy (non-hydrogen) atoms. The summed E-state index contributed by atoms with van der Waals surface area (Å²) in [5.41, 5.74) is 0. The minimum atomic E-state index is 0.0967. The summed E-state index contributed by atoms with van der Waals surface area (Å²) >= 11 is 0. The molecule has 0 bridgehead atoms. The van der Waals surface area contributed by atoms with Crippen LogP contribution >= 0.6 is 0 Å². The number of hydrogen-bond acceptors (Lipinski definition) is 2. The van der Waals surface area contributed by atoms with Crippen LogP contribution in [0.3, 0.4) is 0 Å². The maximum Gasteiger partial charge on any atom is 0.293 e. The Morgan fingerprint density at radius 3 is 1.41 bits per heavy atom. The fourth-order valence-electron chi connectivity index (χ4n) is 2.97. The summed E-state index contributed by atoms with van der Waals surface area (Å²) in [5, 5.41) is 0. The number of ether oxygens (including phenoxy) is 1. The van der Waals surface area contributed by atoms with E-state index in [1.807, 2.05) is 6.92 Å². The molecule has 0 aliphatic rings. The Bertz CT molecular complexity index is 216. The van der Waals surface area contributed by atoms with Crippen molar-refractivity contribution in [2.45, 2.75) is 123 Å². The molecule has 0 aliphatic heterocycles. The van der Waals surface area contributed by atoms with Crippen molar-refractivity contribution in [1.29, 1.82) is 0 Å². The van der Waals surface area contributed by atoms with Gasteiger partial charge in [-0.2, -0.15) is 0 Å². The average molecular weight is 313 g/mol. The van der Waals surface area contributed by atoms with E-state index in [1.165, 1.54) is 96.3 Å². The van der Waals surface area contributed by atoms with Crippen LogP contribution < -0.4 is 0 Å². The van der Waals surface area contributed by atoms with Gasteiger partial charge in [0.2, 0.25) is 0 Å². The Hall–Kier alpha value is -0.530. The summed E-state index contributed by atoms with van der Waals surface area (Å²) < 4.78 is 4.88. The van der Waals surface area contributed by atoms with E-state index in [1.54, 1.807) is 0 Å². The van der Waals surface area contributed by atoms with Gasteiger partial charge in [-0.3, -0.25) is 4.79 Å². The summed E-state index contributed by atoms with van der Waals surface area (Å²) in [6, 6.07) is 0. The van der Waals surface area contributed by atoms with Gasteiger partial charge in [-0.1, -0.05) is 96.8 Å². The van der Waals surface area contributed by atoms with Crippen molar-refractivity contribution in [2.24, 2.45) is 0 Å². The first-order valence-electron chi connectivity index (χ1n) is 9.90. The molecule has 1 unspecified atom stereocenters. The largest absolute Gasteiger partial charge is 0.465 e. The maximum absolute atomic E-state index is 10.2. The molecule has 132 valence electrons. The van der Waals surface area contributed by atoms with Crippen LogP contribution in [0.25, 0.3) is 0 Å². The van der Waals surface area contributed by atoms with Crippen LogP contribution in [0, 0.1) is 0 Å². The first kappa shape index (κ1) is 21.5. The number of hydrogen-bond donors (Lipinski definition) is 0. The highest BCUT2D eigenvalue weighted by Gasteiger charge is 2.00. The van der Waals surface area contributed by atoms with E-state index >= 15 is 0 Å². The van der Waals surface area contributed by atoms with Crippen molar-refractivity contribution in [2.75, 3.05) is 0 Å². The number of unbranched alkanes of at least 4 members (excludes halogenated alkanes) is 14. The molecule has 0 heterocycles. The third-order valence-corrected chi connectivity index (χ3v) is 4.50. The zero-order valence-corrected chi connectivity index (χ0v) is 15.3. The van der Waals surface area contributed by atoms with Gasteiger partial charge in [-0.15, -0.1) is 0 Å². The minimum Gasteiger partial charge on any atom is -0.465 e. The molecule has 0 aromatic heterocycles. The predicted octanol–water partition coefficient (Wildman–Crippen LogP) is 6.81. The highest BCUT2D eigenvalue weighted by atomic mass is 16.5. The van der Waals surface area contributed by atoms with Gasteiger partial charge >= 0.3 is 0 Å². The van der Waals surface area contributed by atoms with Gasteiger partial charge in [0.1, 0.15) is 0 Å². The van der Waals surface area contributed by atoms with Gasteiger partial charge in [0, 0.05) is 0 Å². The fraction of sp³-hybridized carbons (Fsp3) is 0.950. The molecule has 1 atom stereocenters. The molecule has 0 radical (unpaired) electrons. The Morgan fingerprint density at radius 2 is 1.05 bits per heavy atom. The lowest BCUT2D eigenvalue weighted by molar-refractivity contribution is -0.133. The fourth-order valence-corrected chi connectivity index (χ4v) is 2.97. The van der Waals surface area contributed by atoms with Crippen molar-refractivity contribution in [1.82, 2.24) is 0 Å². The van der Waals surface area contributed by atoms with Crippen LogP contribution in [0.1, 0.15) is 117 Å². The van der Waals surface area contributed by atoms with Crippen LogP contribution in [0.15, 0.2) is 0 Å². The highest BCUT2D eigenvalue weighted by molar-refractivity contribution is 5.37. The maximum atomic E-state index is 10.2. The normalized spacial score (nSPS) is 12.3. The molecule has 0 aliphatic carbocycles. The molecule has 0 saturated heterocycles. The molecule has 0 spiro atoms. The Labute approximate surface area is 139 Å². The number of rotatable bonds is 18. The molecular formula is C20H40O2. The van der Waals surface area contributed by atoms with Crippen LogP contribution in [-0.2, 0) is 9.53 Å². The molecule has 2 heteroatoms. The monoisotopic (exact) mass is 312 g/mol. The zero-order chi connectivity index (χ0) is 16.3. The summed E-state index contributed by atoms with van der Waals surface area (Å²) in [5.74, 6) is 0. The highest BCUT2D eigenvalue weighted by Crippen LogP contribution is 2.14. The van der Waals surface area contributed by atoms with Crippen molar-refractivity contribution >= 4 is 6.47 Å². The third kappa shape index (κ3) is 17.5. The smallest absolute Gasteiger partial charge is 0.293 e. The van der Waals surface area contributed by atoms with E-state index in [2.05, 4.69) is 6.92 Å². The van der Waals surface area contributed by atoms with Gasteiger partial charge in [0.15, 0.2) is 0 Å². The van der Waals surface area contributed by atoms with Crippen LogP contribution in [0.5, 0.6) is 0 Å². The molecule has 2 nitrogen and oxygen atoms in total. The first-order valence-corrected chi connectivity index (χ1v) is 9.90. The Morgan fingerprint density at radius 1 is 0.682 bits per heavy atom. The molecule has 0 N–H and O–H groups in total. The Kier molecular flexibility index (Phi) is 18.1. The lowest BCUT2D eigenvalue weighted by atomic mass is 10.0. The molecule has 0 aromatic rings. The van der Waals surface area contributed by atoms with E-state index in [-0.39, 0.29) is 6.10 Å². The summed E-state index contributed by atoms with van der Waals surface area (Å²) in [6.45, 7) is 4.82. The predicted molar refractivity (Wildman–Crippen MR) is 96.2 cm³/mol. The average Bonchev–Trinajstić information content (AvgIpc) is 2.51. The lowest BCUT2D eigenvalue weighted by Gasteiger charge is -2.08. The summed E-state index contributed by atoms with van der Waals surface area (Å²) in [4.78, 5) is 10.2. The second-order valence-corrected chi connectivity index (χ2v) is 6.78.